The molecule has 0 aliphatic rings. The molecule has 0 amide bonds. The Labute approximate surface area is 198 Å². The average Bonchev–Trinajstić information content (AvgIpc) is 3.27. The molecule has 1 heterocycles. The van der Waals surface area contributed by atoms with Crippen LogP contribution in [0.3, 0.4) is 0 Å². The number of nitrogens with zero attached hydrogens (tertiary/aromatic N) is 3. The van der Waals surface area contributed by atoms with E-state index in [2.05, 4.69) is 27.4 Å². The summed E-state index contributed by atoms with van der Waals surface area (Å²) in [5, 5.41) is 3.12. The van der Waals surface area contributed by atoms with Gasteiger partial charge in [0.1, 0.15) is 11.5 Å². The first-order valence-corrected chi connectivity index (χ1v) is 9.68. The van der Waals surface area contributed by atoms with Gasteiger partial charge >= 0.3 is 0 Å². The quantitative estimate of drug-likeness (QED) is 0.196. The van der Waals surface area contributed by atoms with Gasteiger partial charge in [-0.25, -0.2) is 9.98 Å². The summed E-state index contributed by atoms with van der Waals surface area (Å²) in [6.07, 6.45) is 5.53. The van der Waals surface area contributed by atoms with E-state index in [9.17, 15) is 0 Å². The number of halogens is 1. The number of hydrogen-bond donors (Lipinski definition) is 2. The van der Waals surface area contributed by atoms with Crippen molar-refractivity contribution < 1.29 is 4.74 Å². The molecule has 0 radical (unpaired) electrons. The number of para-hydroxylation sites is 1. The van der Waals surface area contributed by atoms with E-state index < -0.39 is 0 Å². The summed E-state index contributed by atoms with van der Waals surface area (Å²) in [5.74, 6) is 1.87. The Morgan fingerprint density at radius 3 is 2.52 bits per heavy atom. The van der Waals surface area contributed by atoms with Crippen molar-refractivity contribution in [2.45, 2.75) is 13.1 Å². The van der Waals surface area contributed by atoms with Crippen LogP contribution < -0.4 is 15.8 Å². The Kier molecular flexibility index (Phi) is 8.05. The van der Waals surface area contributed by atoms with E-state index in [1.54, 1.807) is 6.20 Å². The lowest BCUT2D eigenvalue weighted by atomic mass is 10.1. The molecule has 3 aromatic carbocycles. The second kappa shape index (κ2) is 11.2. The van der Waals surface area contributed by atoms with Gasteiger partial charge in [0.15, 0.2) is 5.96 Å². The standard InChI is InChI=1S/C24H23N5O.HI/c25-24(27-16-19-6-4-7-20(14-19)17-29-13-12-26-18-29)28-21-8-5-11-23(15-21)30-22-9-2-1-3-10-22;/h1-15,18H,16-17H2,(H3,25,27,28);1H. The fraction of sp³-hybridized carbons (Fsp3) is 0.0833. The molecule has 7 heteroatoms. The van der Waals surface area contributed by atoms with E-state index in [0.29, 0.717) is 12.5 Å². The molecular weight excluding hydrogens is 501 g/mol. The van der Waals surface area contributed by atoms with Gasteiger partial charge in [0.25, 0.3) is 0 Å². The second-order valence-corrected chi connectivity index (χ2v) is 6.82. The van der Waals surface area contributed by atoms with Crippen LogP contribution in [0.5, 0.6) is 11.5 Å². The highest BCUT2D eigenvalue weighted by Gasteiger charge is 2.01. The molecule has 4 rings (SSSR count). The zero-order valence-electron chi connectivity index (χ0n) is 16.9. The van der Waals surface area contributed by atoms with Crippen molar-refractivity contribution >= 4 is 35.6 Å². The Balaban J connectivity index is 0.00000272. The summed E-state index contributed by atoms with van der Waals surface area (Å²) in [5.41, 5.74) is 9.20. The van der Waals surface area contributed by atoms with E-state index in [4.69, 9.17) is 10.5 Å². The van der Waals surface area contributed by atoms with E-state index in [0.717, 1.165) is 29.3 Å². The average molecular weight is 525 g/mol. The summed E-state index contributed by atoms with van der Waals surface area (Å²) in [6.45, 7) is 1.27. The summed E-state index contributed by atoms with van der Waals surface area (Å²) in [6, 6.07) is 25.6. The van der Waals surface area contributed by atoms with Crippen molar-refractivity contribution in [1.29, 1.82) is 0 Å². The molecule has 31 heavy (non-hydrogen) atoms. The number of benzene rings is 3. The number of aromatic nitrogens is 2. The topological polar surface area (TPSA) is 77.5 Å². The molecule has 1 aromatic heterocycles. The Morgan fingerprint density at radius 2 is 1.71 bits per heavy atom. The van der Waals surface area contributed by atoms with Gasteiger partial charge in [-0.1, -0.05) is 48.5 Å². The molecule has 0 bridgehead atoms. The third-order valence-electron chi connectivity index (χ3n) is 4.43. The fourth-order valence-corrected chi connectivity index (χ4v) is 3.04. The SMILES string of the molecule is I.NC(=NCc1cccc(Cn2ccnc2)c1)Nc1cccc(Oc2ccccc2)c1. The highest BCUT2D eigenvalue weighted by Crippen LogP contribution is 2.23. The number of ether oxygens (including phenoxy) is 1. The van der Waals surface area contributed by atoms with Gasteiger partial charge in [0.2, 0.25) is 0 Å². The highest BCUT2D eigenvalue weighted by atomic mass is 127. The monoisotopic (exact) mass is 525 g/mol. The lowest BCUT2D eigenvalue weighted by Crippen LogP contribution is -2.22. The van der Waals surface area contributed by atoms with Gasteiger partial charge in [-0.15, -0.1) is 24.0 Å². The second-order valence-electron chi connectivity index (χ2n) is 6.82. The maximum Gasteiger partial charge on any atom is 0.193 e. The number of nitrogens with one attached hydrogen (secondary N) is 1. The molecule has 0 saturated carbocycles. The van der Waals surface area contributed by atoms with Crippen LogP contribution in [-0.4, -0.2) is 15.5 Å². The summed E-state index contributed by atoms with van der Waals surface area (Å²) < 4.78 is 7.89. The molecule has 0 fully saturated rings. The van der Waals surface area contributed by atoms with E-state index in [1.165, 1.54) is 5.56 Å². The normalized spacial score (nSPS) is 10.9. The van der Waals surface area contributed by atoms with Gasteiger partial charge in [-0.2, -0.15) is 0 Å². The number of aliphatic imine (C=N–C) groups is 1. The predicted octanol–water partition coefficient (Wildman–Crippen LogP) is 5.27. The molecule has 0 aliphatic heterocycles. The summed E-state index contributed by atoms with van der Waals surface area (Å²) in [7, 11) is 0. The first kappa shape index (κ1) is 22.4. The number of rotatable bonds is 7. The Hall–Kier alpha value is -3.33. The number of hydrogen-bond acceptors (Lipinski definition) is 3. The Morgan fingerprint density at radius 1 is 0.935 bits per heavy atom. The van der Waals surface area contributed by atoms with Gasteiger partial charge < -0.3 is 20.4 Å². The molecule has 0 aliphatic carbocycles. The van der Waals surface area contributed by atoms with Crippen molar-refractivity contribution in [3.05, 3.63) is 109 Å². The zero-order chi connectivity index (χ0) is 20.6. The van der Waals surface area contributed by atoms with Crippen LogP contribution >= 0.6 is 24.0 Å². The smallest absolute Gasteiger partial charge is 0.193 e. The van der Waals surface area contributed by atoms with Crippen LogP contribution in [0.4, 0.5) is 5.69 Å². The van der Waals surface area contributed by atoms with Crippen LogP contribution in [0.15, 0.2) is 103 Å². The minimum absolute atomic E-state index is 0. The summed E-state index contributed by atoms with van der Waals surface area (Å²) >= 11 is 0. The van der Waals surface area contributed by atoms with E-state index in [-0.39, 0.29) is 24.0 Å². The lowest BCUT2D eigenvalue weighted by molar-refractivity contribution is 0.483. The molecule has 0 unspecified atom stereocenters. The maximum absolute atomic E-state index is 6.09. The number of guanidine groups is 1. The van der Waals surface area contributed by atoms with Gasteiger partial charge in [-0.05, 0) is 35.4 Å². The van der Waals surface area contributed by atoms with Crippen LogP contribution in [0, 0.1) is 0 Å². The lowest BCUT2D eigenvalue weighted by Gasteiger charge is -2.09. The molecule has 158 valence electrons. The van der Waals surface area contributed by atoms with Crippen LogP contribution in [0.25, 0.3) is 0 Å². The van der Waals surface area contributed by atoms with E-state index >= 15 is 0 Å². The molecule has 0 atom stereocenters. The van der Waals surface area contributed by atoms with Crippen molar-refractivity contribution in [2.24, 2.45) is 10.7 Å². The third kappa shape index (κ3) is 6.85. The van der Waals surface area contributed by atoms with Crippen molar-refractivity contribution in [1.82, 2.24) is 9.55 Å². The maximum atomic E-state index is 6.09. The highest BCUT2D eigenvalue weighted by molar-refractivity contribution is 14.0. The molecule has 0 saturated heterocycles. The largest absolute Gasteiger partial charge is 0.457 e. The predicted molar refractivity (Wildman–Crippen MR) is 135 cm³/mol. The summed E-state index contributed by atoms with van der Waals surface area (Å²) in [4.78, 5) is 8.54. The number of nitrogens with two attached hydrogens (primary N) is 1. The minimum atomic E-state index is 0. The fourth-order valence-electron chi connectivity index (χ4n) is 3.04. The van der Waals surface area contributed by atoms with Crippen LogP contribution in [0.1, 0.15) is 11.1 Å². The molecule has 6 nitrogen and oxygen atoms in total. The van der Waals surface area contributed by atoms with E-state index in [1.807, 2.05) is 83.8 Å². The number of imidazole rings is 1. The molecular formula is C24H24IN5O. The van der Waals surface area contributed by atoms with Gasteiger partial charge in [0.05, 0.1) is 12.9 Å². The van der Waals surface area contributed by atoms with Gasteiger partial charge in [-0.3, -0.25) is 0 Å². The minimum Gasteiger partial charge on any atom is -0.457 e. The van der Waals surface area contributed by atoms with Crippen molar-refractivity contribution in [3.8, 4) is 11.5 Å². The first-order chi connectivity index (χ1) is 14.7. The Bertz CT molecular complexity index is 1110. The molecule has 0 spiro atoms. The third-order valence-corrected chi connectivity index (χ3v) is 4.43. The van der Waals surface area contributed by atoms with Crippen molar-refractivity contribution in [3.63, 3.8) is 0 Å². The molecule has 3 N–H and O–H groups in total. The van der Waals surface area contributed by atoms with Crippen LogP contribution in [-0.2, 0) is 13.1 Å². The zero-order valence-corrected chi connectivity index (χ0v) is 19.2. The van der Waals surface area contributed by atoms with Gasteiger partial charge in [0, 0.05) is 30.7 Å². The van der Waals surface area contributed by atoms with Crippen LogP contribution in [0.2, 0.25) is 0 Å². The molecule has 4 aromatic rings. The van der Waals surface area contributed by atoms with Crippen molar-refractivity contribution in [2.75, 3.05) is 5.32 Å². The number of anilines is 1. The first-order valence-electron chi connectivity index (χ1n) is 9.68.